The molecule has 0 saturated carbocycles. The summed E-state index contributed by atoms with van der Waals surface area (Å²) in [6, 6.07) is 1.06. The van der Waals surface area contributed by atoms with E-state index >= 15 is 0 Å². The highest BCUT2D eigenvalue weighted by Gasteiger charge is 2.29. The standard InChI is InChI=1S/C9H18N2O/c12-7-8-5-9(6-10-8)11-3-1-2-4-11/h8-10,12H,1-7H2/t8-,9-/m0/s1. The number of nitrogens with zero attached hydrogens (tertiary/aromatic N) is 1. The molecular formula is C9H18N2O. The fraction of sp³-hybridized carbons (Fsp3) is 1.00. The van der Waals surface area contributed by atoms with Crippen molar-refractivity contribution < 1.29 is 5.11 Å². The predicted molar refractivity (Wildman–Crippen MR) is 48.1 cm³/mol. The van der Waals surface area contributed by atoms with Gasteiger partial charge in [0.25, 0.3) is 0 Å². The molecule has 0 aromatic rings. The van der Waals surface area contributed by atoms with Crippen LogP contribution in [0.25, 0.3) is 0 Å². The lowest BCUT2D eigenvalue weighted by Gasteiger charge is -2.22. The predicted octanol–water partition coefficient (Wildman–Crippen LogP) is -0.195. The Morgan fingerprint density at radius 3 is 2.67 bits per heavy atom. The lowest BCUT2D eigenvalue weighted by Crippen LogP contribution is -2.34. The zero-order chi connectivity index (χ0) is 8.39. The number of rotatable bonds is 2. The summed E-state index contributed by atoms with van der Waals surface area (Å²) >= 11 is 0. The molecule has 70 valence electrons. The molecule has 2 rings (SSSR count). The van der Waals surface area contributed by atoms with E-state index in [0.717, 1.165) is 13.0 Å². The van der Waals surface area contributed by atoms with Crippen LogP contribution in [-0.4, -0.2) is 48.3 Å². The molecule has 12 heavy (non-hydrogen) atoms. The van der Waals surface area contributed by atoms with Gasteiger partial charge in [-0.05, 0) is 32.4 Å². The lowest BCUT2D eigenvalue weighted by atomic mass is 10.1. The van der Waals surface area contributed by atoms with Gasteiger partial charge in [0.2, 0.25) is 0 Å². The Morgan fingerprint density at radius 2 is 2.08 bits per heavy atom. The fourth-order valence-corrected chi connectivity index (χ4v) is 2.32. The van der Waals surface area contributed by atoms with Crippen LogP contribution in [0.4, 0.5) is 0 Å². The summed E-state index contributed by atoms with van der Waals surface area (Å²) in [6.07, 6.45) is 3.86. The smallest absolute Gasteiger partial charge is 0.0585 e. The first kappa shape index (κ1) is 8.48. The van der Waals surface area contributed by atoms with E-state index in [4.69, 9.17) is 5.11 Å². The quantitative estimate of drug-likeness (QED) is 0.603. The third kappa shape index (κ3) is 1.63. The van der Waals surface area contributed by atoms with E-state index in [1.165, 1.54) is 25.9 Å². The Kier molecular flexibility index (Phi) is 2.63. The molecule has 2 aliphatic heterocycles. The van der Waals surface area contributed by atoms with Crippen molar-refractivity contribution in [3.05, 3.63) is 0 Å². The first-order valence-corrected chi connectivity index (χ1v) is 4.98. The summed E-state index contributed by atoms with van der Waals surface area (Å²) in [7, 11) is 0. The van der Waals surface area contributed by atoms with Crippen molar-refractivity contribution in [2.75, 3.05) is 26.2 Å². The third-order valence-electron chi connectivity index (χ3n) is 3.08. The highest BCUT2D eigenvalue weighted by atomic mass is 16.3. The molecule has 0 aromatic carbocycles. The Morgan fingerprint density at radius 1 is 1.33 bits per heavy atom. The van der Waals surface area contributed by atoms with Crippen LogP contribution in [0.15, 0.2) is 0 Å². The van der Waals surface area contributed by atoms with Crippen molar-refractivity contribution in [2.45, 2.75) is 31.3 Å². The molecule has 0 radical (unpaired) electrons. The van der Waals surface area contributed by atoms with E-state index in [1.807, 2.05) is 0 Å². The van der Waals surface area contributed by atoms with Crippen LogP contribution < -0.4 is 5.32 Å². The molecular weight excluding hydrogens is 152 g/mol. The first-order valence-electron chi connectivity index (χ1n) is 4.98. The van der Waals surface area contributed by atoms with E-state index in [1.54, 1.807) is 0 Å². The summed E-state index contributed by atoms with van der Waals surface area (Å²) in [5, 5.41) is 12.3. The van der Waals surface area contributed by atoms with Crippen molar-refractivity contribution in [1.82, 2.24) is 10.2 Å². The lowest BCUT2D eigenvalue weighted by molar-refractivity contribution is 0.230. The Balaban J connectivity index is 1.81. The van der Waals surface area contributed by atoms with Gasteiger partial charge in [-0.3, -0.25) is 4.90 Å². The molecule has 2 aliphatic rings. The van der Waals surface area contributed by atoms with Crippen LogP contribution in [-0.2, 0) is 0 Å². The highest BCUT2D eigenvalue weighted by Crippen LogP contribution is 2.18. The topological polar surface area (TPSA) is 35.5 Å². The number of hydrogen-bond acceptors (Lipinski definition) is 3. The van der Waals surface area contributed by atoms with Crippen LogP contribution in [0.1, 0.15) is 19.3 Å². The average molecular weight is 170 g/mol. The van der Waals surface area contributed by atoms with Gasteiger partial charge in [0.1, 0.15) is 0 Å². The second-order valence-corrected chi connectivity index (χ2v) is 3.92. The largest absolute Gasteiger partial charge is 0.395 e. The molecule has 2 saturated heterocycles. The Hall–Kier alpha value is -0.120. The maximum absolute atomic E-state index is 8.95. The van der Waals surface area contributed by atoms with Crippen LogP contribution in [0, 0.1) is 0 Å². The summed E-state index contributed by atoms with van der Waals surface area (Å²) in [5.74, 6) is 0. The van der Waals surface area contributed by atoms with Crippen LogP contribution in [0.5, 0.6) is 0 Å². The van der Waals surface area contributed by atoms with Gasteiger partial charge in [0, 0.05) is 18.6 Å². The SMILES string of the molecule is OC[C@@H]1C[C@H](N2CCCC2)CN1. The second-order valence-electron chi connectivity index (χ2n) is 3.92. The summed E-state index contributed by atoms with van der Waals surface area (Å²) in [4.78, 5) is 2.56. The molecule has 0 unspecified atom stereocenters. The van der Waals surface area contributed by atoms with Gasteiger partial charge in [-0.2, -0.15) is 0 Å². The minimum atomic E-state index is 0.296. The van der Waals surface area contributed by atoms with E-state index in [0.29, 0.717) is 18.7 Å². The number of aliphatic hydroxyl groups excluding tert-OH is 1. The molecule has 0 amide bonds. The van der Waals surface area contributed by atoms with E-state index in [9.17, 15) is 0 Å². The summed E-state index contributed by atoms with van der Waals surface area (Å²) in [6.45, 7) is 3.91. The minimum absolute atomic E-state index is 0.296. The van der Waals surface area contributed by atoms with Crippen molar-refractivity contribution in [1.29, 1.82) is 0 Å². The zero-order valence-corrected chi connectivity index (χ0v) is 7.50. The van der Waals surface area contributed by atoms with Crippen LogP contribution in [0.3, 0.4) is 0 Å². The second kappa shape index (κ2) is 3.73. The van der Waals surface area contributed by atoms with E-state index in [2.05, 4.69) is 10.2 Å². The average Bonchev–Trinajstić information content (AvgIpc) is 2.75. The monoisotopic (exact) mass is 170 g/mol. The number of hydrogen-bond donors (Lipinski definition) is 2. The maximum atomic E-state index is 8.95. The van der Waals surface area contributed by atoms with Crippen LogP contribution >= 0.6 is 0 Å². The number of nitrogens with one attached hydrogen (secondary N) is 1. The van der Waals surface area contributed by atoms with Crippen molar-refractivity contribution in [3.63, 3.8) is 0 Å². The van der Waals surface area contributed by atoms with E-state index in [-0.39, 0.29) is 0 Å². The van der Waals surface area contributed by atoms with Crippen molar-refractivity contribution in [2.24, 2.45) is 0 Å². The molecule has 2 N–H and O–H groups in total. The van der Waals surface area contributed by atoms with Gasteiger partial charge in [-0.15, -0.1) is 0 Å². The summed E-state index contributed by atoms with van der Waals surface area (Å²) < 4.78 is 0. The molecule has 3 heteroatoms. The molecule has 2 atom stereocenters. The Labute approximate surface area is 73.8 Å². The zero-order valence-electron chi connectivity index (χ0n) is 7.50. The van der Waals surface area contributed by atoms with Gasteiger partial charge in [0.05, 0.1) is 6.61 Å². The van der Waals surface area contributed by atoms with Gasteiger partial charge < -0.3 is 10.4 Å². The molecule has 0 aliphatic carbocycles. The van der Waals surface area contributed by atoms with Crippen molar-refractivity contribution >= 4 is 0 Å². The molecule has 2 fully saturated rings. The van der Waals surface area contributed by atoms with Crippen molar-refractivity contribution in [3.8, 4) is 0 Å². The van der Waals surface area contributed by atoms with Gasteiger partial charge in [-0.1, -0.05) is 0 Å². The van der Waals surface area contributed by atoms with Crippen LogP contribution in [0.2, 0.25) is 0 Å². The van der Waals surface area contributed by atoms with E-state index < -0.39 is 0 Å². The minimum Gasteiger partial charge on any atom is -0.395 e. The normalized spacial score (nSPS) is 37.8. The number of likely N-dealkylation sites (tertiary alicyclic amines) is 1. The molecule has 2 heterocycles. The maximum Gasteiger partial charge on any atom is 0.0585 e. The molecule has 0 spiro atoms. The summed E-state index contributed by atoms with van der Waals surface area (Å²) in [5.41, 5.74) is 0. The van der Waals surface area contributed by atoms with Gasteiger partial charge in [0.15, 0.2) is 0 Å². The molecule has 3 nitrogen and oxygen atoms in total. The van der Waals surface area contributed by atoms with Gasteiger partial charge >= 0.3 is 0 Å². The fourth-order valence-electron chi connectivity index (χ4n) is 2.32. The Bertz CT molecular complexity index is 145. The molecule has 0 bridgehead atoms. The first-order chi connectivity index (χ1) is 5.90. The third-order valence-corrected chi connectivity index (χ3v) is 3.08. The van der Waals surface area contributed by atoms with Gasteiger partial charge in [-0.25, -0.2) is 0 Å². The highest BCUT2D eigenvalue weighted by molar-refractivity contribution is 4.88. The number of aliphatic hydroxyl groups is 1. The molecule has 0 aromatic heterocycles.